The molecule has 0 spiro atoms. The number of anilines is 1. The van der Waals surface area contributed by atoms with Crippen LogP contribution in [0.3, 0.4) is 0 Å². The number of pyridine rings is 1. The van der Waals surface area contributed by atoms with Gasteiger partial charge in [0.05, 0.1) is 6.04 Å². The summed E-state index contributed by atoms with van der Waals surface area (Å²) in [5, 5.41) is 5.76. The molecule has 1 aromatic heterocycles. The number of carbonyl (C=O) groups excluding carboxylic acids is 2. The molecule has 1 fully saturated rings. The minimum absolute atomic E-state index is 0.0692. The van der Waals surface area contributed by atoms with E-state index < -0.39 is 0 Å². The first-order chi connectivity index (χ1) is 11.9. The van der Waals surface area contributed by atoms with Gasteiger partial charge in [0.15, 0.2) is 0 Å². The van der Waals surface area contributed by atoms with Crippen molar-refractivity contribution in [1.29, 1.82) is 0 Å². The first kappa shape index (κ1) is 17.0. The van der Waals surface area contributed by atoms with Crippen molar-refractivity contribution in [2.75, 3.05) is 5.32 Å². The number of nitrogens with one attached hydrogen (secondary N) is 2. The van der Waals surface area contributed by atoms with E-state index in [2.05, 4.69) is 10.6 Å². The Morgan fingerprint density at radius 1 is 1.16 bits per heavy atom. The Hall–Kier alpha value is -2.89. The van der Waals surface area contributed by atoms with Crippen molar-refractivity contribution in [1.82, 2.24) is 9.88 Å². The molecule has 1 saturated carbocycles. The molecule has 1 unspecified atom stereocenters. The van der Waals surface area contributed by atoms with Gasteiger partial charge in [-0.1, -0.05) is 12.1 Å². The lowest BCUT2D eigenvalue weighted by atomic mass is 10.1. The van der Waals surface area contributed by atoms with Gasteiger partial charge in [0, 0.05) is 36.5 Å². The fourth-order valence-electron chi connectivity index (χ4n) is 2.50. The average molecular weight is 339 g/mol. The number of benzene rings is 1. The third-order valence-electron chi connectivity index (χ3n) is 4.34. The van der Waals surface area contributed by atoms with Crippen molar-refractivity contribution in [3.63, 3.8) is 0 Å². The van der Waals surface area contributed by atoms with E-state index >= 15 is 0 Å². The molecule has 1 aromatic carbocycles. The van der Waals surface area contributed by atoms with Gasteiger partial charge in [-0.15, -0.1) is 0 Å². The second-order valence-corrected chi connectivity index (χ2v) is 6.45. The number of amides is 2. The summed E-state index contributed by atoms with van der Waals surface area (Å²) in [6.45, 7) is 1.87. The topological polar surface area (TPSA) is 80.2 Å². The maximum atomic E-state index is 12.3. The highest BCUT2D eigenvalue weighted by Gasteiger charge is 2.29. The second-order valence-electron chi connectivity index (χ2n) is 6.45. The Morgan fingerprint density at radius 3 is 2.44 bits per heavy atom. The van der Waals surface area contributed by atoms with E-state index in [-0.39, 0.29) is 29.3 Å². The quantitative estimate of drug-likeness (QED) is 0.876. The highest BCUT2D eigenvalue weighted by molar-refractivity contribution is 5.94. The molecule has 0 bridgehead atoms. The third kappa shape index (κ3) is 4.15. The minimum Gasteiger partial charge on any atom is -0.346 e. The summed E-state index contributed by atoms with van der Waals surface area (Å²) >= 11 is 0. The van der Waals surface area contributed by atoms with Crippen LogP contribution in [0.25, 0.3) is 0 Å². The van der Waals surface area contributed by atoms with Crippen LogP contribution in [-0.2, 0) is 11.8 Å². The third-order valence-corrected chi connectivity index (χ3v) is 4.34. The van der Waals surface area contributed by atoms with Crippen LogP contribution in [0.15, 0.2) is 47.4 Å². The standard InChI is InChI=1S/C19H21N3O3/c1-12(20-19(25)15-9-10-22(2)17(23)11-15)13-5-7-16(8-6-13)21-18(24)14-3-4-14/h5-12,14H,3-4H2,1-2H3,(H,20,25)(H,21,24). The highest BCUT2D eigenvalue weighted by Crippen LogP contribution is 2.30. The maximum absolute atomic E-state index is 12.3. The summed E-state index contributed by atoms with van der Waals surface area (Å²) in [4.78, 5) is 35.6. The first-order valence-corrected chi connectivity index (χ1v) is 8.32. The zero-order chi connectivity index (χ0) is 18.0. The van der Waals surface area contributed by atoms with E-state index in [0.29, 0.717) is 5.56 Å². The predicted octanol–water partition coefficient (Wildman–Crippen LogP) is 2.22. The summed E-state index contributed by atoms with van der Waals surface area (Å²) in [6.07, 6.45) is 3.50. The van der Waals surface area contributed by atoms with Crippen LogP contribution < -0.4 is 16.2 Å². The fraction of sp³-hybridized carbons (Fsp3) is 0.316. The number of carbonyl (C=O) groups is 2. The lowest BCUT2D eigenvalue weighted by Gasteiger charge is -2.15. The van der Waals surface area contributed by atoms with E-state index in [9.17, 15) is 14.4 Å². The molecule has 3 rings (SSSR count). The van der Waals surface area contributed by atoms with E-state index in [4.69, 9.17) is 0 Å². The number of aryl methyl sites for hydroxylation is 1. The zero-order valence-electron chi connectivity index (χ0n) is 14.3. The summed E-state index contributed by atoms with van der Waals surface area (Å²) in [7, 11) is 1.64. The molecule has 0 saturated heterocycles. The molecule has 2 aromatic rings. The Morgan fingerprint density at radius 2 is 1.84 bits per heavy atom. The van der Waals surface area contributed by atoms with Gasteiger partial charge in [0.2, 0.25) is 5.91 Å². The maximum Gasteiger partial charge on any atom is 0.252 e. The average Bonchev–Trinajstić information content (AvgIpc) is 3.43. The molecule has 0 aliphatic heterocycles. The molecule has 1 atom stereocenters. The van der Waals surface area contributed by atoms with E-state index in [0.717, 1.165) is 24.1 Å². The van der Waals surface area contributed by atoms with Crippen LogP contribution in [0.4, 0.5) is 5.69 Å². The van der Waals surface area contributed by atoms with Crippen molar-refractivity contribution < 1.29 is 9.59 Å². The minimum atomic E-state index is -0.295. The van der Waals surface area contributed by atoms with Gasteiger partial charge in [-0.05, 0) is 43.5 Å². The van der Waals surface area contributed by atoms with Crippen molar-refractivity contribution >= 4 is 17.5 Å². The fourth-order valence-corrected chi connectivity index (χ4v) is 2.50. The Labute approximate surface area is 145 Å². The lowest BCUT2D eigenvalue weighted by molar-refractivity contribution is -0.117. The van der Waals surface area contributed by atoms with E-state index in [1.54, 1.807) is 19.3 Å². The van der Waals surface area contributed by atoms with Gasteiger partial charge in [0.25, 0.3) is 11.5 Å². The predicted molar refractivity (Wildman–Crippen MR) is 95.4 cm³/mol. The van der Waals surface area contributed by atoms with Gasteiger partial charge in [-0.3, -0.25) is 14.4 Å². The summed E-state index contributed by atoms with van der Waals surface area (Å²) < 4.78 is 1.41. The molecular formula is C19H21N3O3. The van der Waals surface area contributed by atoms with Crippen LogP contribution in [0, 0.1) is 5.92 Å². The molecule has 130 valence electrons. The Balaban J connectivity index is 1.62. The summed E-state index contributed by atoms with van der Waals surface area (Å²) in [5.74, 6) is -0.0625. The number of aromatic nitrogens is 1. The molecule has 1 heterocycles. The molecule has 25 heavy (non-hydrogen) atoms. The molecule has 0 radical (unpaired) electrons. The van der Waals surface area contributed by atoms with Crippen molar-refractivity contribution in [2.45, 2.75) is 25.8 Å². The monoisotopic (exact) mass is 339 g/mol. The van der Waals surface area contributed by atoms with Gasteiger partial charge < -0.3 is 15.2 Å². The molecule has 6 heteroatoms. The van der Waals surface area contributed by atoms with Crippen LogP contribution in [0.2, 0.25) is 0 Å². The zero-order valence-corrected chi connectivity index (χ0v) is 14.3. The van der Waals surface area contributed by atoms with Gasteiger partial charge in [-0.25, -0.2) is 0 Å². The normalized spacial score (nSPS) is 14.6. The van der Waals surface area contributed by atoms with Crippen molar-refractivity contribution in [3.8, 4) is 0 Å². The van der Waals surface area contributed by atoms with Gasteiger partial charge in [-0.2, -0.15) is 0 Å². The van der Waals surface area contributed by atoms with Gasteiger partial charge >= 0.3 is 0 Å². The highest BCUT2D eigenvalue weighted by atomic mass is 16.2. The van der Waals surface area contributed by atoms with E-state index in [1.807, 2.05) is 31.2 Å². The molecular weight excluding hydrogens is 318 g/mol. The molecule has 1 aliphatic carbocycles. The largest absolute Gasteiger partial charge is 0.346 e. The van der Waals surface area contributed by atoms with E-state index in [1.165, 1.54) is 10.6 Å². The molecule has 2 N–H and O–H groups in total. The van der Waals surface area contributed by atoms with Crippen LogP contribution >= 0.6 is 0 Å². The first-order valence-electron chi connectivity index (χ1n) is 8.32. The Kier molecular flexibility index (Phi) is 4.70. The summed E-state index contributed by atoms with van der Waals surface area (Å²) in [6, 6.07) is 10.1. The Bertz CT molecular complexity index is 851. The molecule has 6 nitrogen and oxygen atoms in total. The number of hydrogen-bond donors (Lipinski definition) is 2. The van der Waals surface area contributed by atoms with Crippen LogP contribution in [0.1, 0.15) is 41.7 Å². The lowest BCUT2D eigenvalue weighted by Crippen LogP contribution is -2.28. The SMILES string of the molecule is CC(NC(=O)c1ccn(C)c(=O)c1)c1ccc(NC(=O)C2CC2)cc1. The number of hydrogen-bond acceptors (Lipinski definition) is 3. The van der Waals surface area contributed by atoms with Crippen molar-refractivity contribution in [3.05, 3.63) is 64.1 Å². The van der Waals surface area contributed by atoms with Crippen LogP contribution in [0.5, 0.6) is 0 Å². The van der Waals surface area contributed by atoms with Crippen molar-refractivity contribution in [2.24, 2.45) is 13.0 Å². The molecule has 1 aliphatic rings. The number of nitrogens with zero attached hydrogens (tertiary/aromatic N) is 1. The summed E-state index contributed by atoms with van der Waals surface area (Å²) in [5.41, 5.74) is 1.78. The number of rotatable bonds is 5. The van der Waals surface area contributed by atoms with Gasteiger partial charge in [0.1, 0.15) is 0 Å². The second kappa shape index (κ2) is 6.93. The smallest absolute Gasteiger partial charge is 0.252 e. The molecule has 2 amide bonds. The van der Waals surface area contributed by atoms with Crippen LogP contribution in [-0.4, -0.2) is 16.4 Å².